The number of allylic oxidation sites excluding steroid dienone is 3. The Morgan fingerprint density at radius 3 is 2.46 bits per heavy atom. The number of carbonyl (C=O) groups is 1. The molecular formula is C22H25NO2S. The predicted octanol–water partition coefficient (Wildman–Crippen LogP) is 5.60. The number of thioether (sulfide) groups is 1. The van der Waals surface area contributed by atoms with Crippen molar-refractivity contribution >= 4 is 35.9 Å². The van der Waals surface area contributed by atoms with E-state index < -0.39 is 0 Å². The molecule has 0 atom stereocenters. The van der Waals surface area contributed by atoms with Crippen LogP contribution in [-0.2, 0) is 4.79 Å². The number of rotatable bonds is 6. The van der Waals surface area contributed by atoms with E-state index in [9.17, 15) is 0 Å². The van der Waals surface area contributed by atoms with Crippen molar-refractivity contribution < 1.29 is 10.0 Å². The van der Waals surface area contributed by atoms with Crippen molar-refractivity contribution in [3.8, 4) is 0 Å². The molecule has 136 valence electrons. The molecule has 0 aliphatic carbocycles. The van der Waals surface area contributed by atoms with Crippen LogP contribution in [0.4, 0.5) is 0 Å². The van der Waals surface area contributed by atoms with E-state index in [4.69, 9.17) is 10.0 Å². The Balaban J connectivity index is 0.000000765. The molecule has 0 bridgehead atoms. The lowest BCUT2D eigenvalue weighted by molar-refractivity contribution is -0.116. The number of aryl methyl sites for hydroxylation is 1. The molecule has 0 aliphatic heterocycles. The third-order valence-corrected chi connectivity index (χ3v) is 4.42. The second-order valence-electron chi connectivity index (χ2n) is 5.42. The maximum atomic E-state index is 8.81. The van der Waals surface area contributed by atoms with Crippen LogP contribution in [0.1, 0.15) is 29.2 Å². The second-order valence-corrected chi connectivity index (χ2v) is 6.27. The minimum Gasteiger partial charge on any atom is -0.289 e. The monoisotopic (exact) mass is 367 g/mol. The number of benzene rings is 2. The summed E-state index contributed by atoms with van der Waals surface area (Å²) in [5, 5.41) is 7.26. The number of hydrogen-bond acceptors (Lipinski definition) is 3. The van der Waals surface area contributed by atoms with Crippen molar-refractivity contribution in [3.63, 3.8) is 0 Å². The molecule has 26 heavy (non-hydrogen) atoms. The van der Waals surface area contributed by atoms with E-state index in [1.165, 1.54) is 32.6 Å². The maximum absolute atomic E-state index is 8.81. The minimum absolute atomic E-state index is 0.181. The zero-order valence-corrected chi connectivity index (χ0v) is 16.2. The third-order valence-electron chi connectivity index (χ3n) is 3.62. The Morgan fingerprint density at radius 1 is 1.19 bits per heavy atom. The largest absolute Gasteiger partial charge is 0.289 e. The molecule has 4 heteroatoms. The van der Waals surface area contributed by atoms with Gasteiger partial charge in [0.1, 0.15) is 0 Å². The van der Waals surface area contributed by atoms with Gasteiger partial charge in [-0.1, -0.05) is 67.3 Å². The van der Waals surface area contributed by atoms with Crippen LogP contribution in [0.5, 0.6) is 0 Å². The first-order valence-corrected chi connectivity index (χ1v) is 9.36. The summed E-state index contributed by atoms with van der Waals surface area (Å²) in [5.41, 5.74) is 7.24. The highest BCUT2D eigenvalue weighted by molar-refractivity contribution is 7.98. The molecule has 2 aromatic rings. The van der Waals surface area contributed by atoms with Crippen LogP contribution < -0.4 is 5.48 Å². The highest BCUT2D eigenvalue weighted by atomic mass is 32.2. The van der Waals surface area contributed by atoms with Crippen LogP contribution in [0.3, 0.4) is 0 Å². The molecule has 2 aromatic carbocycles. The van der Waals surface area contributed by atoms with Crippen LogP contribution >= 0.6 is 11.8 Å². The molecule has 0 aliphatic rings. The van der Waals surface area contributed by atoms with Gasteiger partial charge in [-0.05, 0) is 54.0 Å². The molecule has 2 N–H and O–H groups in total. The number of hydrogen-bond donors (Lipinski definition) is 2. The van der Waals surface area contributed by atoms with E-state index in [-0.39, 0.29) is 6.41 Å². The van der Waals surface area contributed by atoms with Crippen LogP contribution in [0.15, 0.2) is 66.1 Å². The number of nitrogens with one attached hydrogen (secondary N) is 1. The van der Waals surface area contributed by atoms with Crippen molar-refractivity contribution in [2.75, 3.05) is 6.26 Å². The lowest BCUT2D eigenvalue weighted by atomic mass is 10.0. The molecule has 0 heterocycles. The van der Waals surface area contributed by atoms with Crippen molar-refractivity contribution in [2.24, 2.45) is 0 Å². The molecule has 0 saturated carbocycles. The minimum atomic E-state index is 0.181. The van der Waals surface area contributed by atoms with Crippen LogP contribution in [0.2, 0.25) is 0 Å². The van der Waals surface area contributed by atoms with E-state index in [0.717, 1.165) is 5.57 Å². The molecule has 1 amide bonds. The van der Waals surface area contributed by atoms with Crippen molar-refractivity contribution in [1.82, 2.24) is 5.48 Å². The van der Waals surface area contributed by atoms with Gasteiger partial charge in [0.25, 0.3) is 0 Å². The lowest BCUT2D eigenvalue weighted by Crippen LogP contribution is -1.99. The lowest BCUT2D eigenvalue weighted by Gasteiger charge is -2.07. The Labute approximate surface area is 160 Å². The Kier molecular flexibility index (Phi) is 9.83. The Hall–Kier alpha value is -2.56. The Morgan fingerprint density at radius 2 is 1.88 bits per heavy atom. The quantitative estimate of drug-likeness (QED) is 0.230. The maximum Gasteiger partial charge on any atom is 0.230 e. The molecule has 0 saturated heterocycles. The van der Waals surface area contributed by atoms with Gasteiger partial charge in [0, 0.05) is 4.90 Å². The molecule has 3 nitrogen and oxygen atoms in total. The Bertz CT molecular complexity index is 794. The van der Waals surface area contributed by atoms with Crippen molar-refractivity contribution in [1.29, 1.82) is 0 Å². The summed E-state index contributed by atoms with van der Waals surface area (Å²) in [4.78, 5) is 10.1. The van der Waals surface area contributed by atoms with E-state index in [1.54, 1.807) is 11.8 Å². The van der Waals surface area contributed by atoms with Crippen LogP contribution in [0, 0.1) is 6.92 Å². The average molecular weight is 368 g/mol. The van der Waals surface area contributed by atoms with Gasteiger partial charge in [-0.15, -0.1) is 11.8 Å². The summed E-state index contributed by atoms with van der Waals surface area (Å²) in [6, 6.07) is 14.9. The van der Waals surface area contributed by atoms with E-state index in [2.05, 4.69) is 86.5 Å². The highest BCUT2D eigenvalue weighted by Crippen LogP contribution is 2.27. The fourth-order valence-electron chi connectivity index (χ4n) is 2.37. The summed E-state index contributed by atoms with van der Waals surface area (Å²) >= 11 is 1.75. The van der Waals surface area contributed by atoms with Gasteiger partial charge in [-0.2, -0.15) is 0 Å². The van der Waals surface area contributed by atoms with Gasteiger partial charge in [0.15, 0.2) is 0 Å². The fourth-order valence-corrected chi connectivity index (χ4v) is 3.01. The van der Waals surface area contributed by atoms with Gasteiger partial charge < -0.3 is 0 Å². The van der Waals surface area contributed by atoms with Gasteiger partial charge in [-0.25, -0.2) is 5.48 Å². The molecule has 0 fully saturated rings. The first-order chi connectivity index (χ1) is 12.6. The second kappa shape index (κ2) is 11.9. The summed E-state index contributed by atoms with van der Waals surface area (Å²) in [5.74, 6) is 0. The van der Waals surface area contributed by atoms with Crippen LogP contribution in [0.25, 0.3) is 17.7 Å². The first kappa shape index (κ1) is 21.5. The molecule has 0 aromatic heterocycles. The van der Waals surface area contributed by atoms with E-state index in [1.807, 2.05) is 6.92 Å². The third kappa shape index (κ3) is 6.75. The predicted molar refractivity (Wildman–Crippen MR) is 113 cm³/mol. The molecule has 2 rings (SSSR count). The van der Waals surface area contributed by atoms with E-state index in [0.29, 0.717) is 0 Å². The number of hydroxylamine groups is 1. The zero-order chi connectivity index (χ0) is 19.4. The molecule has 0 radical (unpaired) electrons. The van der Waals surface area contributed by atoms with Gasteiger partial charge >= 0.3 is 0 Å². The standard InChI is InChI=1S/C21H22S.CH3NO2/c1-5-8-18-12-14-19(17(3)15-18)13-11-16(2)20-9-6-7-10-21(20)22-4;3-1-2-4/h5-15H,2H2,1,3-4H3;1,4H,(H,2,3)/b8-5+,13-11+;. The van der Waals surface area contributed by atoms with Crippen molar-refractivity contribution in [2.45, 2.75) is 18.7 Å². The normalized spacial score (nSPS) is 10.5. The first-order valence-electron chi connectivity index (χ1n) is 8.14. The highest BCUT2D eigenvalue weighted by Gasteiger charge is 2.02. The van der Waals surface area contributed by atoms with Gasteiger partial charge in [-0.3, -0.25) is 10.0 Å². The summed E-state index contributed by atoms with van der Waals surface area (Å²) in [6.07, 6.45) is 10.7. The smallest absolute Gasteiger partial charge is 0.230 e. The van der Waals surface area contributed by atoms with Gasteiger partial charge in [0.2, 0.25) is 6.41 Å². The van der Waals surface area contributed by atoms with Gasteiger partial charge in [0.05, 0.1) is 0 Å². The topological polar surface area (TPSA) is 49.3 Å². The molecule has 0 spiro atoms. The molecular weight excluding hydrogens is 342 g/mol. The summed E-state index contributed by atoms with van der Waals surface area (Å²) in [6.45, 7) is 8.40. The summed E-state index contributed by atoms with van der Waals surface area (Å²) in [7, 11) is 0. The molecule has 0 unspecified atom stereocenters. The SMILES string of the molecule is C=C(/C=C/c1ccc(/C=C/C)cc1C)c1ccccc1SC.O=CNO. The summed E-state index contributed by atoms with van der Waals surface area (Å²) < 4.78 is 0. The zero-order valence-electron chi connectivity index (χ0n) is 15.4. The van der Waals surface area contributed by atoms with E-state index >= 15 is 0 Å². The van der Waals surface area contributed by atoms with Crippen LogP contribution in [-0.4, -0.2) is 17.9 Å². The number of amides is 1. The fraction of sp³-hybridized carbons (Fsp3) is 0.136. The van der Waals surface area contributed by atoms with Crippen molar-refractivity contribution in [3.05, 3.63) is 83.4 Å². The number of carbonyl (C=O) groups excluding carboxylic acids is 1. The average Bonchev–Trinajstić information content (AvgIpc) is 2.67.